The lowest BCUT2D eigenvalue weighted by atomic mass is 10.1. The number of benzene rings is 1. The first-order chi connectivity index (χ1) is 8.68. The zero-order valence-corrected chi connectivity index (χ0v) is 11.1. The number of alkyl halides is 1. The minimum absolute atomic E-state index is 0.258. The maximum atomic E-state index is 11.5. The van der Waals surface area contributed by atoms with Crippen LogP contribution >= 0.6 is 11.6 Å². The van der Waals surface area contributed by atoms with Crippen LogP contribution in [0.15, 0.2) is 30.3 Å². The van der Waals surface area contributed by atoms with E-state index in [0.717, 1.165) is 31.2 Å². The molecular formula is C14H18ClNO2. The average Bonchev–Trinajstić information content (AvgIpc) is 2.83. The van der Waals surface area contributed by atoms with E-state index in [0.29, 0.717) is 13.2 Å². The molecule has 0 spiro atoms. The van der Waals surface area contributed by atoms with Crippen molar-refractivity contribution in [1.82, 2.24) is 5.32 Å². The summed E-state index contributed by atoms with van der Waals surface area (Å²) in [7, 11) is 0. The van der Waals surface area contributed by atoms with E-state index in [1.807, 2.05) is 30.3 Å². The van der Waals surface area contributed by atoms with Gasteiger partial charge in [-0.1, -0.05) is 43.2 Å². The summed E-state index contributed by atoms with van der Waals surface area (Å²) in [5, 5.41) is 2.74. The van der Waals surface area contributed by atoms with Gasteiger partial charge in [0, 0.05) is 6.54 Å². The van der Waals surface area contributed by atoms with E-state index in [1.165, 1.54) is 0 Å². The van der Waals surface area contributed by atoms with E-state index < -0.39 is 6.09 Å². The van der Waals surface area contributed by atoms with Gasteiger partial charge in [-0.25, -0.2) is 4.79 Å². The summed E-state index contributed by atoms with van der Waals surface area (Å²) in [6.07, 6.45) is 3.82. The summed E-state index contributed by atoms with van der Waals surface area (Å²) in [4.78, 5) is 11.3. The standard InChI is InChI=1S/C14H18ClNO2/c15-14(8-4-5-9-14)11-16-13(17)18-10-12-6-2-1-3-7-12/h1-3,6-7H,4-5,8-11H2,(H,16,17). The third-order valence-electron chi connectivity index (χ3n) is 3.26. The monoisotopic (exact) mass is 267 g/mol. The Morgan fingerprint density at radius 1 is 1.28 bits per heavy atom. The molecule has 1 N–H and O–H groups in total. The number of rotatable bonds is 4. The molecule has 1 aliphatic carbocycles. The van der Waals surface area contributed by atoms with Crippen molar-refractivity contribution in [3.63, 3.8) is 0 Å². The molecule has 18 heavy (non-hydrogen) atoms. The molecule has 2 rings (SSSR count). The SMILES string of the molecule is O=C(NCC1(Cl)CCCC1)OCc1ccccc1. The number of ether oxygens (including phenoxy) is 1. The molecule has 4 heteroatoms. The van der Waals surface area contributed by atoms with Gasteiger partial charge in [0.2, 0.25) is 0 Å². The highest BCUT2D eigenvalue weighted by atomic mass is 35.5. The number of nitrogens with one attached hydrogen (secondary N) is 1. The summed E-state index contributed by atoms with van der Waals surface area (Å²) in [5.74, 6) is 0. The molecule has 98 valence electrons. The first-order valence-corrected chi connectivity index (χ1v) is 6.69. The van der Waals surface area contributed by atoms with Gasteiger partial charge in [-0.2, -0.15) is 0 Å². The van der Waals surface area contributed by atoms with Crippen molar-refractivity contribution in [2.75, 3.05) is 6.54 Å². The Hall–Kier alpha value is -1.22. The molecule has 0 bridgehead atoms. The van der Waals surface area contributed by atoms with E-state index >= 15 is 0 Å². The van der Waals surface area contributed by atoms with Gasteiger partial charge in [-0.3, -0.25) is 0 Å². The van der Waals surface area contributed by atoms with Crippen LogP contribution in [0.3, 0.4) is 0 Å². The Morgan fingerprint density at radius 3 is 2.61 bits per heavy atom. The number of halogens is 1. The molecule has 1 aromatic rings. The Kier molecular flexibility index (Phi) is 4.48. The zero-order valence-electron chi connectivity index (χ0n) is 10.3. The molecule has 0 aliphatic heterocycles. The Balaban J connectivity index is 1.69. The minimum atomic E-state index is -0.397. The van der Waals surface area contributed by atoms with E-state index in [9.17, 15) is 4.79 Å². The molecule has 1 fully saturated rings. The van der Waals surface area contributed by atoms with Gasteiger partial charge < -0.3 is 10.1 Å². The Morgan fingerprint density at radius 2 is 1.94 bits per heavy atom. The van der Waals surface area contributed by atoms with E-state index in [1.54, 1.807) is 0 Å². The van der Waals surface area contributed by atoms with Gasteiger partial charge in [-0.05, 0) is 18.4 Å². The largest absolute Gasteiger partial charge is 0.445 e. The van der Waals surface area contributed by atoms with Crippen LogP contribution in [0.5, 0.6) is 0 Å². The van der Waals surface area contributed by atoms with Crippen LogP contribution in [0, 0.1) is 0 Å². The molecule has 0 heterocycles. The van der Waals surface area contributed by atoms with Gasteiger partial charge in [0.15, 0.2) is 0 Å². The van der Waals surface area contributed by atoms with Crippen molar-refractivity contribution in [2.45, 2.75) is 37.2 Å². The number of hydrogen-bond donors (Lipinski definition) is 1. The highest BCUT2D eigenvalue weighted by Crippen LogP contribution is 2.34. The van der Waals surface area contributed by atoms with Gasteiger partial charge in [-0.15, -0.1) is 11.6 Å². The summed E-state index contributed by atoms with van der Waals surface area (Å²) >= 11 is 6.36. The molecule has 0 atom stereocenters. The predicted molar refractivity (Wildman–Crippen MR) is 71.7 cm³/mol. The molecule has 0 unspecified atom stereocenters. The molecule has 3 nitrogen and oxygen atoms in total. The number of carbonyl (C=O) groups is 1. The smallest absolute Gasteiger partial charge is 0.407 e. The first kappa shape index (κ1) is 13.2. The van der Waals surface area contributed by atoms with Crippen LogP contribution < -0.4 is 5.32 Å². The van der Waals surface area contributed by atoms with Crippen LogP contribution in [0.1, 0.15) is 31.2 Å². The predicted octanol–water partition coefficient (Wildman–Crippen LogP) is 3.46. The van der Waals surface area contributed by atoms with E-state index in [4.69, 9.17) is 16.3 Å². The fourth-order valence-corrected chi connectivity index (χ4v) is 2.52. The Labute approximate surface area is 112 Å². The van der Waals surface area contributed by atoms with Crippen molar-refractivity contribution in [3.8, 4) is 0 Å². The normalized spacial score (nSPS) is 17.4. The van der Waals surface area contributed by atoms with Crippen LogP contribution in [0.4, 0.5) is 4.79 Å². The quantitative estimate of drug-likeness (QED) is 0.849. The maximum Gasteiger partial charge on any atom is 0.407 e. The molecule has 0 saturated heterocycles. The second-order valence-corrected chi connectivity index (χ2v) is 5.58. The van der Waals surface area contributed by atoms with Gasteiger partial charge in [0.25, 0.3) is 0 Å². The molecular weight excluding hydrogens is 250 g/mol. The molecule has 1 amide bonds. The highest BCUT2D eigenvalue weighted by molar-refractivity contribution is 6.24. The summed E-state index contributed by atoms with van der Waals surface area (Å²) in [5.41, 5.74) is 0.981. The summed E-state index contributed by atoms with van der Waals surface area (Å²) in [6.45, 7) is 0.782. The maximum absolute atomic E-state index is 11.5. The molecule has 1 aromatic carbocycles. The van der Waals surface area contributed by atoms with Crippen LogP contribution in [0.25, 0.3) is 0 Å². The van der Waals surface area contributed by atoms with Gasteiger partial charge in [0.1, 0.15) is 6.61 Å². The lowest BCUT2D eigenvalue weighted by molar-refractivity contribution is 0.138. The van der Waals surface area contributed by atoms with Crippen molar-refractivity contribution >= 4 is 17.7 Å². The van der Waals surface area contributed by atoms with Crippen molar-refractivity contribution in [2.24, 2.45) is 0 Å². The molecule has 1 saturated carbocycles. The Bertz CT molecular complexity index is 388. The third-order valence-corrected chi connectivity index (χ3v) is 3.77. The van der Waals surface area contributed by atoms with Crippen molar-refractivity contribution < 1.29 is 9.53 Å². The third kappa shape index (κ3) is 3.91. The van der Waals surface area contributed by atoms with Gasteiger partial charge >= 0.3 is 6.09 Å². The number of amides is 1. The van der Waals surface area contributed by atoms with Crippen molar-refractivity contribution in [3.05, 3.63) is 35.9 Å². The summed E-state index contributed by atoms with van der Waals surface area (Å²) < 4.78 is 5.12. The second-order valence-electron chi connectivity index (χ2n) is 4.77. The number of carbonyl (C=O) groups excluding carboxylic acids is 1. The van der Waals surface area contributed by atoms with Crippen LogP contribution in [-0.4, -0.2) is 17.5 Å². The topological polar surface area (TPSA) is 38.3 Å². The van der Waals surface area contributed by atoms with E-state index in [2.05, 4.69) is 5.32 Å². The first-order valence-electron chi connectivity index (χ1n) is 6.31. The van der Waals surface area contributed by atoms with E-state index in [-0.39, 0.29) is 4.87 Å². The van der Waals surface area contributed by atoms with Gasteiger partial charge in [0.05, 0.1) is 4.87 Å². The number of hydrogen-bond acceptors (Lipinski definition) is 2. The van der Waals surface area contributed by atoms with Crippen molar-refractivity contribution in [1.29, 1.82) is 0 Å². The fourth-order valence-electron chi connectivity index (χ4n) is 2.19. The number of alkyl carbamates (subject to hydrolysis) is 1. The molecule has 1 aliphatic rings. The summed E-state index contributed by atoms with van der Waals surface area (Å²) in [6, 6.07) is 9.62. The highest BCUT2D eigenvalue weighted by Gasteiger charge is 2.31. The average molecular weight is 268 g/mol. The fraction of sp³-hybridized carbons (Fsp3) is 0.500. The second kappa shape index (κ2) is 6.10. The van der Waals surface area contributed by atoms with Crippen LogP contribution in [0.2, 0.25) is 0 Å². The minimum Gasteiger partial charge on any atom is -0.445 e. The lowest BCUT2D eigenvalue weighted by Crippen LogP contribution is -2.37. The van der Waals surface area contributed by atoms with Crippen LogP contribution in [-0.2, 0) is 11.3 Å². The lowest BCUT2D eigenvalue weighted by Gasteiger charge is -2.20. The molecule has 0 radical (unpaired) electrons. The molecule has 0 aromatic heterocycles. The zero-order chi connectivity index (χ0) is 12.8.